The Bertz CT molecular complexity index is 692. The lowest BCUT2D eigenvalue weighted by molar-refractivity contribution is -0.153. The molecule has 1 heterocycles. The minimum atomic E-state index is -0.384. The first kappa shape index (κ1) is 16.3. The van der Waals surface area contributed by atoms with Crippen LogP contribution in [0.25, 0.3) is 0 Å². The van der Waals surface area contributed by atoms with Crippen LogP contribution >= 0.6 is 0 Å². The van der Waals surface area contributed by atoms with Crippen LogP contribution in [0.3, 0.4) is 0 Å². The molecule has 3 atom stereocenters. The largest absolute Gasteiger partial charge is 0.497 e. The summed E-state index contributed by atoms with van der Waals surface area (Å²) in [6.07, 6.45) is 4.66. The molecule has 1 fully saturated rings. The number of rotatable bonds is 3. The maximum atomic E-state index is 12.6. The SMILES string of the molecule is C=C1/C=C\C[C@@H]2C(=O)N(c3ccc(OC)cc3)[C@@H]2[C@@H](OC(C)=O)C1. The number of β-lactam (4-membered cyclic amide) rings is 1. The van der Waals surface area contributed by atoms with Crippen LogP contribution in [0.15, 0.2) is 48.6 Å². The summed E-state index contributed by atoms with van der Waals surface area (Å²) in [7, 11) is 1.60. The van der Waals surface area contributed by atoms with Gasteiger partial charge in [-0.05, 0) is 30.7 Å². The summed E-state index contributed by atoms with van der Waals surface area (Å²) < 4.78 is 10.7. The highest BCUT2D eigenvalue weighted by molar-refractivity contribution is 6.03. The van der Waals surface area contributed by atoms with Crippen LogP contribution in [-0.2, 0) is 14.3 Å². The van der Waals surface area contributed by atoms with Crippen molar-refractivity contribution in [2.24, 2.45) is 5.92 Å². The van der Waals surface area contributed by atoms with Crippen LogP contribution in [-0.4, -0.2) is 31.1 Å². The van der Waals surface area contributed by atoms with Gasteiger partial charge in [0.15, 0.2) is 0 Å². The predicted octanol–water partition coefficient (Wildman–Crippen LogP) is 2.86. The Balaban J connectivity index is 1.92. The molecule has 1 aliphatic heterocycles. The number of amides is 1. The summed E-state index contributed by atoms with van der Waals surface area (Å²) in [5.41, 5.74) is 1.68. The number of allylic oxidation sites excluding steroid dienone is 2. The number of esters is 1. The molecule has 0 bridgehead atoms. The molecule has 0 unspecified atom stereocenters. The van der Waals surface area contributed by atoms with Crippen molar-refractivity contribution < 1.29 is 19.1 Å². The standard InChI is InChI=1S/C19H21NO4/c1-12-5-4-6-16-18(17(11-12)24-13(2)21)20(19(16)22)14-7-9-15(23-3)10-8-14/h4-5,7-10,16-18H,1,6,11H2,2-3H3/b5-4-/t16-,17-,18-/m0/s1. The maximum Gasteiger partial charge on any atom is 0.302 e. The van der Waals surface area contributed by atoms with Gasteiger partial charge in [0.2, 0.25) is 5.91 Å². The molecule has 3 rings (SSSR count). The first-order valence-corrected chi connectivity index (χ1v) is 8.00. The molecule has 1 aromatic carbocycles. The molecule has 5 heteroatoms. The van der Waals surface area contributed by atoms with Gasteiger partial charge in [-0.3, -0.25) is 9.59 Å². The fourth-order valence-corrected chi connectivity index (χ4v) is 3.43. The Morgan fingerprint density at radius 3 is 2.62 bits per heavy atom. The molecule has 126 valence electrons. The molecule has 0 N–H and O–H groups in total. The Morgan fingerprint density at radius 2 is 2.00 bits per heavy atom. The lowest BCUT2D eigenvalue weighted by atomic mass is 9.77. The van der Waals surface area contributed by atoms with Crippen molar-refractivity contribution >= 4 is 17.6 Å². The van der Waals surface area contributed by atoms with Gasteiger partial charge in [0, 0.05) is 19.0 Å². The van der Waals surface area contributed by atoms with Gasteiger partial charge in [0.1, 0.15) is 11.9 Å². The van der Waals surface area contributed by atoms with E-state index in [1.165, 1.54) is 6.92 Å². The molecule has 0 spiro atoms. The van der Waals surface area contributed by atoms with E-state index in [2.05, 4.69) is 6.58 Å². The highest BCUT2D eigenvalue weighted by atomic mass is 16.5. The molecular weight excluding hydrogens is 306 g/mol. The zero-order chi connectivity index (χ0) is 17.3. The van der Waals surface area contributed by atoms with Crippen molar-refractivity contribution in [1.29, 1.82) is 0 Å². The number of anilines is 1. The van der Waals surface area contributed by atoms with Crippen molar-refractivity contribution in [3.63, 3.8) is 0 Å². The van der Waals surface area contributed by atoms with Gasteiger partial charge in [-0.25, -0.2) is 0 Å². The third-order valence-corrected chi connectivity index (χ3v) is 4.52. The quantitative estimate of drug-likeness (QED) is 0.633. The molecular formula is C19H21NO4. The van der Waals surface area contributed by atoms with E-state index in [0.29, 0.717) is 12.8 Å². The zero-order valence-corrected chi connectivity index (χ0v) is 13.9. The van der Waals surface area contributed by atoms with Gasteiger partial charge in [0.25, 0.3) is 0 Å². The molecule has 0 aromatic heterocycles. The second-order valence-corrected chi connectivity index (χ2v) is 6.15. The third-order valence-electron chi connectivity index (χ3n) is 4.52. The molecule has 0 saturated carbocycles. The van der Waals surface area contributed by atoms with Gasteiger partial charge < -0.3 is 14.4 Å². The summed E-state index contributed by atoms with van der Waals surface area (Å²) >= 11 is 0. The number of fused-ring (bicyclic) bond motifs is 1. The second-order valence-electron chi connectivity index (χ2n) is 6.15. The highest BCUT2D eigenvalue weighted by Crippen LogP contribution is 2.40. The van der Waals surface area contributed by atoms with Crippen molar-refractivity contribution in [3.8, 4) is 5.75 Å². The number of methoxy groups -OCH3 is 1. The summed E-state index contributed by atoms with van der Waals surface area (Å²) in [6, 6.07) is 7.16. The van der Waals surface area contributed by atoms with Crippen LogP contribution in [0, 0.1) is 5.92 Å². The summed E-state index contributed by atoms with van der Waals surface area (Å²) in [6.45, 7) is 5.39. The fraction of sp³-hybridized carbons (Fsp3) is 0.368. The average molecular weight is 327 g/mol. The third kappa shape index (κ3) is 2.94. The number of carbonyl (C=O) groups excluding carboxylic acids is 2. The van der Waals surface area contributed by atoms with Crippen molar-refractivity contribution in [3.05, 3.63) is 48.6 Å². The van der Waals surface area contributed by atoms with Crippen molar-refractivity contribution in [2.45, 2.75) is 31.9 Å². The van der Waals surface area contributed by atoms with E-state index in [9.17, 15) is 9.59 Å². The second kappa shape index (κ2) is 6.51. The monoisotopic (exact) mass is 327 g/mol. The van der Waals surface area contributed by atoms with Crippen LogP contribution in [0.1, 0.15) is 19.8 Å². The van der Waals surface area contributed by atoms with Gasteiger partial charge in [-0.2, -0.15) is 0 Å². The molecule has 1 aromatic rings. The number of nitrogens with zero attached hydrogens (tertiary/aromatic N) is 1. The van der Waals surface area contributed by atoms with Crippen LogP contribution in [0.5, 0.6) is 5.75 Å². The molecule has 1 amide bonds. The Morgan fingerprint density at radius 1 is 1.29 bits per heavy atom. The molecule has 0 radical (unpaired) electrons. The topological polar surface area (TPSA) is 55.8 Å². The van der Waals surface area contributed by atoms with E-state index >= 15 is 0 Å². The number of benzene rings is 1. The molecule has 2 aliphatic rings. The van der Waals surface area contributed by atoms with Gasteiger partial charge in [-0.15, -0.1) is 0 Å². The normalized spacial score (nSPS) is 27.4. The number of ether oxygens (including phenoxy) is 2. The minimum Gasteiger partial charge on any atom is -0.497 e. The zero-order valence-electron chi connectivity index (χ0n) is 13.9. The lowest BCUT2D eigenvalue weighted by Crippen LogP contribution is -2.66. The highest BCUT2D eigenvalue weighted by Gasteiger charge is 2.52. The number of hydrogen-bond acceptors (Lipinski definition) is 4. The first-order chi connectivity index (χ1) is 11.5. The van der Waals surface area contributed by atoms with E-state index in [4.69, 9.17) is 9.47 Å². The molecule has 5 nitrogen and oxygen atoms in total. The first-order valence-electron chi connectivity index (χ1n) is 8.00. The fourth-order valence-electron chi connectivity index (χ4n) is 3.43. The van der Waals surface area contributed by atoms with E-state index in [1.54, 1.807) is 12.0 Å². The number of hydrogen-bond donors (Lipinski definition) is 0. The van der Waals surface area contributed by atoms with Crippen LogP contribution < -0.4 is 9.64 Å². The van der Waals surface area contributed by atoms with E-state index < -0.39 is 0 Å². The van der Waals surface area contributed by atoms with Gasteiger partial charge in [-0.1, -0.05) is 24.3 Å². The lowest BCUT2D eigenvalue weighted by Gasteiger charge is -2.50. The Labute approximate surface area is 141 Å². The summed E-state index contributed by atoms with van der Waals surface area (Å²) in [5, 5.41) is 0. The smallest absolute Gasteiger partial charge is 0.302 e. The van der Waals surface area contributed by atoms with Crippen molar-refractivity contribution in [1.82, 2.24) is 0 Å². The van der Waals surface area contributed by atoms with Crippen LogP contribution in [0.2, 0.25) is 0 Å². The van der Waals surface area contributed by atoms with E-state index in [1.807, 2.05) is 36.4 Å². The van der Waals surface area contributed by atoms with Crippen LogP contribution in [0.4, 0.5) is 5.69 Å². The van der Waals surface area contributed by atoms with Gasteiger partial charge in [0.05, 0.1) is 19.1 Å². The Hall–Kier alpha value is -2.56. The minimum absolute atomic E-state index is 0.0551. The maximum absolute atomic E-state index is 12.6. The molecule has 24 heavy (non-hydrogen) atoms. The van der Waals surface area contributed by atoms with Crippen molar-refractivity contribution in [2.75, 3.05) is 12.0 Å². The average Bonchev–Trinajstić information content (AvgIpc) is 2.54. The predicted molar refractivity (Wildman–Crippen MR) is 90.8 cm³/mol. The molecule has 1 saturated heterocycles. The molecule has 1 aliphatic carbocycles. The summed E-state index contributed by atoms with van der Waals surface area (Å²) in [5.74, 6) is 0.277. The van der Waals surface area contributed by atoms with E-state index in [0.717, 1.165) is 17.0 Å². The summed E-state index contributed by atoms with van der Waals surface area (Å²) in [4.78, 5) is 25.9. The Kier molecular flexibility index (Phi) is 4.42. The van der Waals surface area contributed by atoms with Gasteiger partial charge >= 0.3 is 5.97 Å². The van der Waals surface area contributed by atoms with E-state index in [-0.39, 0.29) is 29.9 Å². The number of carbonyl (C=O) groups is 2.